The van der Waals surface area contributed by atoms with Gasteiger partial charge in [-0.2, -0.15) is 5.10 Å². The lowest BCUT2D eigenvalue weighted by Gasteiger charge is -2.04. The van der Waals surface area contributed by atoms with Crippen molar-refractivity contribution in [2.45, 2.75) is 38.1 Å². The van der Waals surface area contributed by atoms with E-state index in [1.165, 1.54) is 11.9 Å². The maximum absolute atomic E-state index is 12.0. The Morgan fingerprint density at radius 2 is 2.05 bits per heavy atom. The standard InChI is InChI=1S/C15H19N3OS/c1-3-8-18-15(16-11-17-18)9-13(19)10-20-14-6-4-12(2)5-7-14/h4-7,11H,3,8-10H2,1-2H3. The van der Waals surface area contributed by atoms with Gasteiger partial charge >= 0.3 is 0 Å². The van der Waals surface area contributed by atoms with Crippen LogP contribution in [-0.4, -0.2) is 26.3 Å². The highest BCUT2D eigenvalue weighted by atomic mass is 32.2. The predicted molar refractivity (Wildman–Crippen MR) is 80.9 cm³/mol. The average molecular weight is 289 g/mol. The fourth-order valence-electron chi connectivity index (χ4n) is 1.85. The van der Waals surface area contributed by atoms with E-state index in [4.69, 9.17) is 0 Å². The number of ketones is 1. The Kier molecular flexibility index (Phi) is 5.35. The third kappa shape index (κ3) is 4.20. The Hall–Kier alpha value is -1.62. The molecule has 106 valence electrons. The Labute approximate surface area is 123 Å². The Morgan fingerprint density at radius 3 is 2.75 bits per heavy atom. The number of thioether (sulfide) groups is 1. The summed E-state index contributed by atoms with van der Waals surface area (Å²) in [6, 6.07) is 8.22. The van der Waals surface area contributed by atoms with Gasteiger partial charge in [-0.05, 0) is 25.5 Å². The van der Waals surface area contributed by atoms with Crippen molar-refractivity contribution in [3.05, 3.63) is 42.0 Å². The third-order valence-electron chi connectivity index (χ3n) is 2.91. The highest BCUT2D eigenvalue weighted by Gasteiger charge is 2.10. The zero-order valence-electron chi connectivity index (χ0n) is 11.9. The van der Waals surface area contributed by atoms with Crippen LogP contribution >= 0.6 is 11.8 Å². The molecule has 20 heavy (non-hydrogen) atoms. The number of Topliss-reactive ketones (excluding diaryl/α,β-unsaturated/α-hetero) is 1. The molecule has 0 aliphatic carbocycles. The Balaban J connectivity index is 1.86. The van der Waals surface area contributed by atoms with E-state index < -0.39 is 0 Å². The largest absolute Gasteiger partial charge is 0.298 e. The maximum Gasteiger partial charge on any atom is 0.150 e. The molecule has 0 radical (unpaired) electrons. The van der Waals surface area contributed by atoms with E-state index in [0.29, 0.717) is 12.2 Å². The summed E-state index contributed by atoms with van der Waals surface area (Å²) < 4.78 is 1.81. The van der Waals surface area contributed by atoms with Crippen molar-refractivity contribution in [3.63, 3.8) is 0 Å². The first-order valence-corrected chi connectivity index (χ1v) is 7.75. The Bertz CT molecular complexity index is 563. The molecule has 4 nitrogen and oxygen atoms in total. The topological polar surface area (TPSA) is 47.8 Å². The third-order valence-corrected chi connectivity index (χ3v) is 3.98. The fraction of sp³-hybridized carbons (Fsp3) is 0.400. The first-order chi connectivity index (χ1) is 9.69. The highest BCUT2D eigenvalue weighted by molar-refractivity contribution is 8.00. The van der Waals surface area contributed by atoms with Gasteiger partial charge < -0.3 is 0 Å². The summed E-state index contributed by atoms with van der Waals surface area (Å²) >= 11 is 1.57. The number of carbonyl (C=O) groups excluding carboxylic acids is 1. The molecule has 1 aromatic carbocycles. The van der Waals surface area contributed by atoms with Gasteiger partial charge in [0.25, 0.3) is 0 Å². The quantitative estimate of drug-likeness (QED) is 0.735. The second-order valence-corrected chi connectivity index (χ2v) is 5.77. The van der Waals surface area contributed by atoms with Gasteiger partial charge in [0, 0.05) is 11.4 Å². The second kappa shape index (κ2) is 7.24. The van der Waals surface area contributed by atoms with E-state index in [2.05, 4.69) is 36.1 Å². The molecule has 0 bridgehead atoms. The van der Waals surface area contributed by atoms with Gasteiger partial charge in [-0.25, -0.2) is 9.67 Å². The number of carbonyl (C=O) groups is 1. The molecular weight excluding hydrogens is 270 g/mol. The Morgan fingerprint density at radius 1 is 1.30 bits per heavy atom. The minimum absolute atomic E-state index is 0.181. The van der Waals surface area contributed by atoms with Crippen LogP contribution in [-0.2, 0) is 17.8 Å². The zero-order valence-corrected chi connectivity index (χ0v) is 12.7. The smallest absolute Gasteiger partial charge is 0.150 e. The van der Waals surface area contributed by atoms with Crippen LogP contribution in [0.2, 0.25) is 0 Å². The first kappa shape index (κ1) is 14.8. The van der Waals surface area contributed by atoms with Gasteiger partial charge in [0.15, 0.2) is 5.78 Å². The summed E-state index contributed by atoms with van der Waals surface area (Å²) in [4.78, 5) is 17.3. The normalized spacial score (nSPS) is 10.7. The van der Waals surface area contributed by atoms with Crippen molar-refractivity contribution in [2.75, 3.05) is 5.75 Å². The lowest BCUT2D eigenvalue weighted by atomic mass is 10.2. The predicted octanol–water partition coefficient (Wildman–Crippen LogP) is 2.90. The van der Waals surface area contributed by atoms with Crippen molar-refractivity contribution in [1.29, 1.82) is 0 Å². The molecule has 0 fully saturated rings. The van der Waals surface area contributed by atoms with Crippen molar-refractivity contribution in [1.82, 2.24) is 14.8 Å². The molecular formula is C15H19N3OS. The van der Waals surface area contributed by atoms with Gasteiger partial charge in [-0.1, -0.05) is 24.6 Å². The first-order valence-electron chi connectivity index (χ1n) is 6.77. The molecule has 0 aliphatic rings. The van der Waals surface area contributed by atoms with Crippen molar-refractivity contribution < 1.29 is 4.79 Å². The summed E-state index contributed by atoms with van der Waals surface area (Å²) in [5, 5.41) is 4.13. The number of nitrogens with zero attached hydrogens (tertiary/aromatic N) is 3. The summed E-state index contributed by atoms with van der Waals surface area (Å²) in [6.45, 7) is 4.95. The lowest BCUT2D eigenvalue weighted by Crippen LogP contribution is -2.12. The average Bonchev–Trinajstić information content (AvgIpc) is 2.86. The molecule has 0 N–H and O–H groups in total. The minimum Gasteiger partial charge on any atom is -0.298 e. The zero-order chi connectivity index (χ0) is 14.4. The van der Waals surface area contributed by atoms with E-state index in [0.717, 1.165) is 23.7 Å². The molecule has 1 heterocycles. The molecule has 1 aromatic heterocycles. The van der Waals surface area contributed by atoms with Crippen LogP contribution in [0.3, 0.4) is 0 Å². The van der Waals surface area contributed by atoms with Gasteiger partial charge in [0.2, 0.25) is 0 Å². The molecule has 0 amide bonds. The molecule has 0 aliphatic heterocycles. The van der Waals surface area contributed by atoms with Gasteiger partial charge in [0.05, 0.1) is 12.2 Å². The summed E-state index contributed by atoms with van der Waals surface area (Å²) in [6.07, 6.45) is 2.87. The summed E-state index contributed by atoms with van der Waals surface area (Å²) in [7, 11) is 0. The minimum atomic E-state index is 0.181. The van der Waals surface area contributed by atoms with Crippen molar-refractivity contribution >= 4 is 17.5 Å². The van der Waals surface area contributed by atoms with Crippen LogP contribution in [0.5, 0.6) is 0 Å². The van der Waals surface area contributed by atoms with Crippen LogP contribution < -0.4 is 0 Å². The van der Waals surface area contributed by atoms with E-state index >= 15 is 0 Å². The molecule has 0 atom stereocenters. The monoisotopic (exact) mass is 289 g/mol. The van der Waals surface area contributed by atoms with Crippen molar-refractivity contribution in [3.8, 4) is 0 Å². The lowest BCUT2D eigenvalue weighted by molar-refractivity contribution is -0.116. The van der Waals surface area contributed by atoms with Crippen LogP contribution in [0.25, 0.3) is 0 Å². The molecule has 2 rings (SSSR count). The highest BCUT2D eigenvalue weighted by Crippen LogP contribution is 2.18. The number of benzene rings is 1. The SMILES string of the molecule is CCCn1ncnc1CC(=O)CSc1ccc(C)cc1. The molecule has 0 unspecified atom stereocenters. The van der Waals surface area contributed by atoms with E-state index in [1.807, 2.05) is 16.8 Å². The number of hydrogen-bond donors (Lipinski definition) is 0. The molecule has 5 heteroatoms. The van der Waals surface area contributed by atoms with Crippen molar-refractivity contribution in [2.24, 2.45) is 0 Å². The molecule has 0 saturated heterocycles. The number of hydrogen-bond acceptors (Lipinski definition) is 4. The molecule has 0 saturated carbocycles. The summed E-state index contributed by atoms with van der Waals surface area (Å²) in [5.74, 6) is 1.42. The van der Waals surface area contributed by atoms with Gasteiger partial charge in [-0.3, -0.25) is 4.79 Å². The van der Waals surface area contributed by atoms with Gasteiger partial charge in [-0.15, -0.1) is 11.8 Å². The van der Waals surface area contributed by atoms with Gasteiger partial charge in [0.1, 0.15) is 12.2 Å². The summed E-state index contributed by atoms with van der Waals surface area (Å²) in [5.41, 5.74) is 1.23. The molecule has 2 aromatic rings. The van der Waals surface area contributed by atoms with Crippen LogP contribution in [0, 0.1) is 6.92 Å². The maximum atomic E-state index is 12.0. The fourth-order valence-corrected chi connectivity index (χ4v) is 2.61. The van der Waals surface area contributed by atoms with E-state index in [1.54, 1.807) is 11.8 Å². The van der Waals surface area contributed by atoms with Crippen LogP contribution in [0.15, 0.2) is 35.5 Å². The van der Waals surface area contributed by atoms with Crippen LogP contribution in [0.4, 0.5) is 0 Å². The van der Waals surface area contributed by atoms with Crippen LogP contribution in [0.1, 0.15) is 24.7 Å². The number of aryl methyl sites for hydroxylation is 2. The van der Waals surface area contributed by atoms with E-state index in [9.17, 15) is 4.79 Å². The molecule has 0 spiro atoms. The van der Waals surface area contributed by atoms with E-state index in [-0.39, 0.29) is 5.78 Å². The number of rotatable bonds is 7. The number of aromatic nitrogens is 3. The second-order valence-electron chi connectivity index (χ2n) is 4.72.